The van der Waals surface area contributed by atoms with Crippen LogP contribution in [-0.4, -0.2) is 40.5 Å². The number of rotatable bonds is 7. The molecule has 0 spiro atoms. The lowest BCUT2D eigenvalue weighted by Crippen LogP contribution is -2.15. The van der Waals surface area contributed by atoms with Gasteiger partial charge in [-0.15, -0.1) is 0 Å². The number of ether oxygens (including phenoxy) is 2. The molecule has 0 aliphatic rings. The zero-order valence-electron chi connectivity index (χ0n) is 18.6. The number of hydrogen-bond donors (Lipinski definition) is 2. The Morgan fingerprint density at radius 3 is 1.74 bits per heavy atom. The van der Waals surface area contributed by atoms with E-state index in [4.69, 9.17) is 0 Å². The molecule has 0 aliphatic carbocycles. The van der Waals surface area contributed by atoms with Crippen molar-refractivity contribution in [2.45, 2.75) is 11.8 Å². The van der Waals surface area contributed by atoms with Crippen molar-refractivity contribution in [2.24, 2.45) is 0 Å². The van der Waals surface area contributed by atoms with Gasteiger partial charge < -0.3 is 14.8 Å². The van der Waals surface area contributed by atoms with Crippen molar-refractivity contribution in [1.29, 1.82) is 0 Å². The normalized spacial score (nSPS) is 10.8. The molecule has 0 aromatic heterocycles. The van der Waals surface area contributed by atoms with Crippen LogP contribution in [0.4, 0.5) is 11.4 Å². The van der Waals surface area contributed by atoms with Crippen LogP contribution in [0.3, 0.4) is 0 Å². The van der Waals surface area contributed by atoms with Crippen LogP contribution in [-0.2, 0) is 19.5 Å². The zero-order valence-corrected chi connectivity index (χ0v) is 19.4. The van der Waals surface area contributed by atoms with Crippen LogP contribution in [0.2, 0.25) is 0 Å². The SMILES string of the molecule is COC(=O)c1cc(NC(=O)c2ccc(NS(=O)(=O)c3ccc(C)cc3)cc2)cc(C(=O)OC)c1. The number of nitrogens with one attached hydrogen (secondary N) is 2. The van der Waals surface area contributed by atoms with Gasteiger partial charge in [0, 0.05) is 16.9 Å². The summed E-state index contributed by atoms with van der Waals surface area (Å²) in [5, 5.41) is 2.60. The van der Waals surface area contributed by atoms with E-state index in [0.717, 1.165) is 5.56 Å². The second-order valence-electron chi connectivity index (χ2n) is 7.23. The average Bonchev–Trinajstić information content (AvgIpc) is 2.83. The molecule has 176 valence electrons. The molecule has 0 radical (unpaired) electrons. The topological polar surface area (TPSA) is 128 Å². The Kier molecular flexibility index (Phi) is 7.32. The quantitative estimate of drug-likeness (QED) is 0.492. The number of anilines is 2. The maximum Gasteiger partial charge on any atom is 0.337 e. The first-order valence-electron chi connectivity index (χ1n) is 9.95. The highest BCUT2D eigenvalue weighted by Gasteiger charge is 2.17. The van der Waals surface area contributed by atoms with Gasteiger partial charge in [-0.2, -0.15) is 0 Å². The van der Waals surface area contributed by atoms with Crippen LogP contribution in [0.25, 0.3) is 0 Å². The number of esters is 2. The van der Waals surface area contributed by atoms with Gasteiger partial charge in [-0.1, -0.05) is 17.7 Å². The summed E-state index contributed by atoms with van der Waals surface area (Å²) in [7, 11) is -1.39. The van der Waals surface area contributed by atoms with Crippen LogP contribution in [0.15, 0.2) is 71.6 Å². The van der Waals surface area contributed by atoms with Gasteiger partial charge in [0.25, 0.3) is 15.9 Å². The molecule has 9 nitrogen and oxygen atoms in total. The first kappa shape index (κ1) is 24.5. The van der Waals surface area contributed by atoms with E-state index in [2.05, 4.69) is 19.5 Å². The first-order chi connectivity index (χ1) is 16.1. The first-order valence-corrected chi connectivity index (χ1v) is 11.4. The van der Waals surface area contributed by atoms with Crippen LogP contribution < -0.4 is 10.0 Å². The van der Waals surface area contributed by atoms with Gasteiger partial charge in [0.2, 0.25) is 0 Å². The monoisotopic (exact) mass is 482 g/mol. The summed E-state index contributed by atoms with van der Waals surface area (Å²) in [5.41, 5.74) is 1.73. The summed E-state index contributed by atoms with van der Waals surface area (Å²) < 4.78 is 36.9. The van der Waals surface area contributed by atoms with E-state index >= 15 is 0 Å². The molecule has 0 atom stereocenters. The number of aryl methyl sites for hydroxylation is 1. The highest BCUT2D eigenvalue weighted by atomic mass is 32.2. The Morgan fingerprint density at radius 2 is 1.24 bits per heavy atom. The smallest absolute Gasteiger partial charge is 0.337 e. The molecule has 0 bridgehead atoms. The lowest BCUT2D eigenvalue weighted by Gasteiger charge is -2.11. The maximum atomic E-state index is 12.7. The van der Waals surface area contributed by atoms with Crippen LogP contribution >= 0.6 is 0 Å². The standard InChI is InChI=1S/C24H22N2O7S/c1-15-4-10-21(11-5-15)34(30,31)26-19-8-6-16(7-9-19)22(27)25-20-13-17(23(28)32-2)12-18(14-20)24(29)33-3/h4-14,26H,1-3H3,(H,25,27). The van der Waals surface area contributed by atoms with Gasteiger partial charge in [0.15, 0.2) is 0 Å². The molecule has 0 aliphatic heterocycles. The van der Waals surface area contributed by atoms with Gasteiger partial charge >= 0.3 is 11.9 Å². The second kappa shape index (κ2) is 10.2. The summed E-state index contributed by atoms with van der Waals surface area (Å²) in [6, 6.07) is 16.2. The van der Waals surface area contributed by atoms with Crippen LogP contribution in [0.5, 0.6) is 0 Å². The molecule has 0 saturated heterocycles. The number of methoxy groups -OCH3 is 2. The van der Waals surface area contributed by atoms with E-state index in [-0.39, 0.29) is 33.0 Å². The molecule has 3 aromatic rings. The molecule has 1 amide bonds. The zero-order chi connectivity index (χ0) is 24.9. The van der Waals surface area contributed by atoms with Crippen molar-refractivity contribution in [3.05, 3.63) is 89.0 Å². The van der Waals surface area contributed by atoms with Gasteiger partial charge in [0.05, 0.1) is 30.2 Å². The van der Waals surface area contributed by atoms with Crippen molar-refractivity contribution >= 4 is 39.2 Å². The summed E-state index contributed by atoms with van der Waals surface area (Å²) in [6.45, 7) is 1.86. The van der Waals surface area contributed by atoms with Crippen molar-refractivity contribution in [3.63, 3.8) is 0 Å². The van der Waals surface area contributed by atoms with E-state index in [0.29, 0.717) is 0 Å². The number of hydrogen-bond acceptors (Lipinski definition) is 7. The Labute approximate surface area is 196 Å². The Hall–Kier alpha value is -4.18. The second-order valence-corrected chi connectivity index (χ2v) is 8.91. The third-order valence-electron chi connectivity index (χ3n) is 4.76. The molecule has 3 rings (SSSR count). The maximum absolute atomic E-state index is 12.7. The van der Waals surface area contributed by atoms with Crippen molar-refractivity contribution in [3.8, 4) is 0 Å². The van der Waals surface area contributed by atoms with Gasteiger partial charge in [-0.25, -0.2) is 18.0 Å². The largest absolute Gasteiger partial charge is 0.465 e. The minimum atomic E-state index is -3.78. The van der Waals surface area contributed by atoms with E-state index in [1.807, 2.05) is 6.92 Å². The highest BCUT2D eigenvalue weighted by Crippen LogP contribution is 2.20. The molecule has 2 N–H and O–H groups in total. The summed E-state index contributed by atoms with van der Waals surface area (Å²) in [6.07, 6.45) is 0. The van der Waals surface area contributed by atoms with Crippen LogP contribution in [0.1, 0.15) is 36.6 Å². The molecule has 3 aromatic carbocycles. The molecular weight excluding hydrogens is 460 g/mol. The molecule has 0 heterocycles. The van der Waals surface area contributed by atoms with Crippen LogP contribution in [0, 0.1) is 6.92 Å². The predicted octanol–water partition coefficient (Wildman–Crippen LogP) is 3.62. The summed E-state index contributed by atoms with van der Waals surface area (Å²) >= 11 is 0. The molecule has 0 saturated carbocycles. The van der Waals surface area contributed by atoms with E-state index in [9.17, 15) is 22.8 Å². The average molecular weight is 483 g/mol. The fourth-order valence-corrected chi connectivity index (χ4v) is 4.05. The number of carbonyl (C=O) groups is 3. The van der Waals surface area contributed by atoms with E-state index in [1.54, 1.807) is 12.1 Å². The highest BCUT2D eigenvalue weighted by molar-refractivity contribution is 7.92. The fourth-order valence-electron chi connectivity index (χ4n) is 3.00. The predicted molar refractivity (Wildman–Crippen MR) is 126 cm³/mol. The molecular formula is C24H22N2O7S. The lowest BCUT2D eigenvalue weighted by atomic mass is 10.1. The Bertz CT molecular complexity index is 1300. The summed E-state index contributed by atoms with van der Waals surface area (Å²) in [5.74, 6) is -1.91. The third kappa shape index (κ3) is 5.78. The van der Waals surface area contributed by atoms with Crippen molar-refractivity contribution < 1.29 is 32.3 Å². The van der Waals surface area contributed by atoms with Gasteiger partial charge in [-0.05, 0) is 61.5 Å². The minimum absolute atomic E-state index is 0.0570. The van der Waals surface area contributed by atoms with E-state index < -0.39 is 27.9 Å². The molecule has 0 unspecified atom stereocenters. The number of sulfonamides is 1. The van der Waals surface area contributed by atoms with Crippen molar-refractivity contribution in [2.75, 3.05) is 24.3 Å². The van der Waals surface area contributed by atoms with Gasteiger partial charge in [-0.3, -0.25) is 9.52 Å². The Morgan fingerprint density at radius 1 is 0.706 bits per heavy atom. The number of benzene rings is 3. The Balaban J connectivity index is 1.78. The summed E-state index contributed by atoms with van der Waals surface area (Å²) in [4.78, 5) is 36.6. The minimum Gasteiger partial charge on any atom is -0.465 e. The van der Waals surface area contributed by atoms with Gasteiger partial charge in [0.1, 0.15) is 0 Å². The lowest BCUT2D eigenvalue weighted by molar-refractivity contribution is 0.0598. The van der Waals surface area contributed by atoms with E-state index in [1.165, 1.54) is 68.8 Å². The molecule has 10 heteroatoms. The number of carbonyl (C=O) groups excluding carboxylic acids is 3. The molecule has 0 fully saturated rings. The van der Waals surface area contributed by atoms with Crippen molar-refractivity contribution in [1.82, 2.24) is 0 Å². The fraction of sp³-hybridized carbons (Fsp3) is 0.125. The molecule has 34 heavy (non-hydrogen) atoms. The number of amides is 1. The third-order valence-corrected chi connectivity index (χ3v) is 6.16.